The van der Waals surface area contributed by atoms with Crippen LogP contribution in [-0.2, 0) is 42.2 Å². The van der Waals surface area contributed by atoms with Crippen LogP contribution in [0.1, 0.15) is 226 Å². The number of carbonyl (C=O) groups excluding carboxylic acids is 3. The monoisotopic (exact) mass is 951 g/mol. The lowest BCUT2D eigenvalue weighted by Crippen LogP contribution is -2.30. The minimum atomic E-state index is -4.75. The lowest BCUT2D eigenvalue weighted by Gasteiger charge is -2.21. The van der Waals surface area contributed by atoms with Crippen LogP contribution in [0, 0.1) is 0 Å². The van der Waals surface area contributed by atoms with Gasteiger partial charge < -0.3 is 24.2 Å². The molecule has 0 aliphatic carbocycles. The highest BCUT2D eigenvalue weighted by molar-refractivity contribution is 7.47. The van der Waals surface area contributed by atoms with Crippen molar-refractivity contribution in [3.8, 4) is 0 Å². The number of hydrogen-bond acceptors (Lipinski definition) is 10. The van der Waals surface area contributed by atoms with Gasteiger partial charge in [-0.25, -0.2) is 4.57 Å². The fourth-order valence-corrected chi connectivity index (χ4v) is 7.66. The van der Waals surface area contributed by atoms with Gasteiger partial charge in [-0.3, -0.25) is 23.4 Å². The van der Waals surface area contributed by atoms with Crippen LogP contribution in [0.25, 0.3) is 0 Å². The summed E-state index contributed by atoms with van der Waals surface area (Å²) in [5.41, 5.74) is 0. The summed E-state index contributed by atoms with van der Waals surface area (Å²) < 4.78 is 39.3. The van der Waals surface area contributed by atoms with Crippen molar-refractivity contribution in [1.29, 1.82) is 0 Å². The Kier molecular flexibility index (Phi) is 46.6. The topological polar surface area (TPSA) is 155 Å². The maximum Gasteiger partial charge on any atom is 0.472 e. The lowest BCUT2D eigenvalue weighted by atomic mass is 10.1. The molecule has 3 unspecified atom stereocenters. The van der Waals surface area contributed by atoms with E-state index >= 15 is 0 Å². The average molecular weight is 951 g/mol. The van der Waals surface area contributed by atoms with E-state index in [2.05, 4.69) is 81.5 Å². The summed E-state index contributed by atoms with van der Waals surface area (Å²) in [6.07, 6.45) is 50.5. The lowest BCUT2D eigenvalue weighted by molar-refractivity contribution is -0.161. The molecule has 0 aromatic heterocycles. The van der Waals surface area contributed by atoms with Gasteiger partial charge in [0.15, 0.2) is 6.10 Å². The molecule has 0 bridgehead atoms. The molecule has 0 aliphatic rings. The molecule has 66 heavy (non-hydrogen) atoms. The first-order valence-corrected chi connectivity index (χ1v) is 27.7. The third kappa shape index (κ3) is 46.3. The van der Waals surface area contributed by atoms with E-state index in [0.29, 0.717) is 19.3 Å². The molecule has 0 aliphatic heterocycles. The fraction of sp³-hybridized carbons (Fsp3) is 0.759. The highest BCUT2D eigenvalue weighted by Crippen LogP contribution is 2.43. The second-order valence-electron chi connectivity index (χ2n) is 17.3. The van der Waals surface area contributed by atoms with Crippen molar-refractivity contribution in [2.45, 2.75) is 238 Å². The molecule has 0 amide bonds. The van der Waals surface area contributed by atoms with Crippen LogP contribution < -0.4 is 0 Å². The van der Waals surface area contributed by atoms with E-state index in [1.165, 1.54) is 38.5 Å². The van der Waals surface area contributed by atoms with E-state index in [9.17, 15) is 28.9 Å². The Morgan fingerprint density at radius 2 is 0.803 bits per heavy atom. The summed E-state index contributed by atoms with van der Waals surface area (Å²) >= 11 is 0. The number of phosphoric ester groups is 1. The average Bonchev–Trinajstić information content (AvgIpc) is 3.30. The molecule has 3 atom stereocenters. The van der Waals surface area contributed by atoms with Crippen LogP contribution in [0.3, 0.4) is 0 Å². The molecular formula is C54H95O11P. The molecule has 11 nitrogen and oxygen atoms in total. The Hall–Kier alpha value is -2.82. The van der Waals surface area contributed by atoms with Crippen LogP contribution >= 0.6 is 7.82 Å². The first kappa shape index (κ1) is 63.2. The second kappa shape index (κ2) is 48.6. The van der Waals surface area contributed by atoms with E-state index in [0.717, 1.165) is 128 Å². The number of esters is 3. The Bertz CT molecular complexity index is 1340. The van der Waals surface area contributed by atoms with Crippen LogP contribution in [0.15, 0.2) is 60.8 Å². The van der Waals surface area contributed by atoms with Gasteiger partial charge in [0.2, 0.25) is 0 Å². The van der Waals surface area contributed by atoms with E-state index in [4.69, 9.17) is 23.3 Å². The van der Waals surface area contributed by atoms with Crippen LogP contribution in [0.2, 0.25) is 0 Å². The highest BCUT2D eigenvalue weighted by atomic mass is 31.2. The Morgan fingerprint density at radius 3 is 1.27 bits per heavy atom. The molecule has 2 N–H and O–H groups in total. The minimum absolute atomic E-state index is 0.145. The predicted molar refractivity (Wildman–Crippen MR) is 270 cm³/mol. The molecular weight excluding hydrogens is 856 g/mol. The zero-order valence-corrected chi connectivity index (χ0v) is 42.8. The van der Waals surface area contributed by atoms with Gasteiger partial charge in [-0.1, -0.05) is 171 Å². The van der Waals surface area contributed by atoms with Crippen molar-refractivity contribution in [3.63, 3.8) is 0 Å². The zero-order chi connectivity index (χ0) is 48.4. The van der Waals surface area contributed by atoms with Crippen molar-refractivity contribution < 1.29 is 52.2 Å². The summed E-state index contributed by atoms with van der Waals surface area (Å²) in [5.74, 6) is -1.50. The summed E-state index contributed by atoms with van der Waals surface area (Å²) in [5, 5.41) is 9.76. The third-order valence-corrected chi connectivity index (χ3v) is 11.8. The number of aliphatic hydroxyl groups excluding tert-OH is 1. The first-order valence-electron chi connectivity index (χ1n) is 26.2. The molecule has 0 aromatic rings. The maximum atomic E-state index is 12.8. The molecule has 0 spiro atoms. The Morgan fingerprint density at radius 1 is 0.439 bits per heavy atom. The molecule has 0 fully saturated rings. The minimum Gasteiger partial charge on any atom is -0.462 e. The number of allylic oxidation sites excluding steroid dienone is 10. The van der Waals surface area contributed by atoms with E-state index in [1.54, 1.807) is 0 Å². The number of unbranched alkanes of at least 4 members (excludes halogenated alkanes) is 21. The smallest absolute Gasteiger partial charge is 0.462 e. The molecule has 0 radical (unpaired) electrons. The Labute approximate surface area is 402 Å². The van der Waals surface area contributed by atoms with Crippen molar-refractivity contribution >= 4 is 25.7 Å². The zero-order valence-electron chi connectivity index (χ0n) is 41.9. The van der Waals surface area contributed by atoms with Crippen LogP contribution in [0.5, 0.6) is 0 Å². The Balaban J connectivity index is 4.79. The molecule has 0 saturated heterocycles. The SMILES string of the molecule is CC/C=C\C/C=C\C/C=C\CCCCCCCC(=O)OC(COC(=O)CCCCCCC/C=C\CCCCCC)COP(=O)(O)OCC(CO)OC(=O)CCCCCCC/C=C\CCCC. The van der Waals surface area contributed by atoms with Gasteiger partial charge in [0, 0.05) is 19.3 Å². The summed E-state index contributed by atoms with van der Waals surface area (Å²) in [7, 11) is -4.75. The van der Waals surface area contributed by atoms with E-state index in [-0.39, 0.29) is 25.9 Å². The normalized spacial score (nSPS) is 14.0. The van der Waals surface area contributed by atoms with Gasteiger partial charge in [-0.2, -0.15) is 0 Å². The van der Waals surface area contributed by atoms with Gasteiger partial charge in [0.1, 0.15) is 12.7 Å². The number of phosphoric acid groups is 1. The van der Waals surface area contributed by atoms with Gasteiger partial charge in [-0.15, -0.1) is 0 Å². The van der Waals surface area contributed by atoms with Crippen molar-refractivity contribution in [2.75, 3.05) is 26.4 Å². The van der Waals surface area contributed by atoms with Gasteiger partial charge in [-0.05, 0) is 96.3 Å². The molecule has 0 saturated carbocycles. The van der Waals surface area contributed by atoms with Gasteiger partial charge >= 0.3 is 25.7 Å². The number of hydrogen-bond donors (Lipinski definition) is 2. The quantitative estimate of drug-likeness (QED) is 0.0197. The summed E-state index contributed by atoms with van der Waals surface area (Å²) in [6, 6.07) is 0. The maximum absolute atomic E-state index is 12.8. The highest BCUT2D eigenvalue weighted by Gasteiger charge is 2.28. The second-order valence-corrected chi connectivity index (χ2v) is 18.8. The third-order valence-electron chi connectivity index (χ3n) is 10.9. The standard InChI is InChI=1S/C54H95O11P/c1-4-7-10-13-16-19-22-24-25-27-30-33-36-39-42-45-54(58)65-51(47-61-52(56)43-40-37-34-31-29-26-23-20-17-14-11-8-5-2)49-63-66(59,60)62-48-50(46-55)64-53(57)44-41-38-35-32-28-21-18-15-12-9-6-3/h7,10,15-16,18-20,23-25,50-51,55H,4-6,8-9,11-14,17,21-22,26-49H2,1-3H3,(H,59,60)/b10-7-,18-15-,19-16-,23-20-,25-24-. The number of rotatable bonds is 48. The van der Waals surface area contributed by atoms with Crippen molar-refractivity contribution in [1.82, 2.24) is 0 Å². The first-order chi connectivity index (χ1) is 32.2. The number of carbonyl (C=O) groups is 3. The van der Waals surface area contributed by atoms with E-state index < -0.39 is 57.8 Å². The van der Waals surface area contributed by atoms with Crippen molar-refractivity contribution in [3.05, 3.63) is 60.8 Å². The summed E-state index contributed by atoms with van der Waals surface area (Å²) in [6.45, 7) is 4.43. The molecule has 12 heteroatoms. The van der Waals surface area contributed by atoms with Crippen molar-refractivity contribution in [2.24, 2.45) is 0 Å². The van der Waals surface area contributed by atoms with Crippen LogP contribution in [0.4, 0.5) is 0 Å². The van der Waals surface area contributed by atoms with Crippen LogP contribution in [-0.4, -0.2) is 66.5 Å². The van der Waals surface area contributed by atoms with Gasteiger partial charge in [0.25, 0.3) is 0 Å². The predicted octanol–water partition coefficient (Wildman–Crippen LogP) is 14.8. The largest absolute Gasteiger partial charge is 0.472 e. The number of ether oxygens (including phenoxy) is 3. The molecule has 0 aromatic carbocycles. The summed E-state index contributed by atoms with van der Waals surface area (Å²) in [4.78, 5) is 48.3. The number of aliphatic hydroxyl groups is 1. The van der Waals surface area contributed by atoms with Gasteiger partial charge in [0.05, 0.1) is 19.8 Å². The molecule has 0 rings (SSSR count). The molecule has 0 heterocycles. The fourth-order valence-electron chi connectivity index (χ4n) is 6.87. The van der Waals surface area contributed by atoms with E-state index in [1.807, 2.05) is 0 Å². The molecule has 382 valence electrons.